The summed E-state index contributed by atoms with van der Waals surface area (Å²) in [4.78, 5) is 4.18. The van der Waals surface area contributed by atoms with Crippen molar-refractivity contribution >= 4 is 28.5 Å². The van der Waals surface area contributed by atoms with Crippen LogP contribution in [0.2, 0.25) is 0 Å². The van der Waals surface area contributed by atoms with Crippen molar-refractivity contribution in [1.82, 2.24) is 4.98 Å². The summed E-state index contributed by atoms with van der Waals surface area (Å²) in [6.45, 7) is 0. The van der Waals surface area contributed by atoms with E-state index in [1.54, 1.807) is 18.2 Å². The second-order valence-electron chi connectivity index (χ2n) is 2.65. The molecule has 2 rings (SSSR count). The average Bonchev–Trinajstić information content (AvgIpc) is 2.56. The molecular weight excluding hydrogens is 198 g/mol. The number of anilines is 1. The topological polar surface area (TPSA) is 75.8 Å². The van der Waals surface area contributed by atoms with E-state index < -0.39 is 0 Å². The standard InChI is InChI=1S/C9H7N3OS/c10-3-4-14-9-12-7-5-6(11)1-2-8(7)13-9/h1-2,5H,4,11H2. The molecule has 0 saturated carbocycles. The number of hydrogen-bond donors (Lipinski definition) is 1. The highest BCUT2D eigenvalue weighted by Crippen LogP contribution is 2.24. The predicted octanol–water partition coefficient (Wildman–Crippen LogP) is 2.03. The number of oxazole rings is 1. The van der Waals surface area contributed by atoms with Crippen LogP contribution in [0.25, 0.3) is 11.1 Å². The van der Waals surface area contributed by atoms with Crippen LogP contribution in [0.3, 0.4) is 0 Å². The molecule has 1 aromatic heterocycles. The fourth-order valence-corrected chi connectivity index (χ4v) is 1.58. The molecule has 2 N–H and O–H groups in total. The Kier molecular flexibility index (Phi) is 2.29. The van der Waals surface area contributed by atoms with Crippen molar-refractivity contribution in [2.75, 3.05) is 11.5 Å². The summed E-state index contributed by atoms with van der Waals surface area (Å²) < 4.78 is 5.37. The molecule has 14 heavy (non-hydrogen) atoms. The zero-order valence-corrected chi connectivity index (χ0v) is 8.04. The number of nitrogens with zero attached hydrogens (tertiary/aromatic N) is 2. The molecule has 2 aromatic rings. The summed E-state index contributed by atoms with van der Waals surface area (Å²) in [5.41, 5.74) is 7.67. The number of hydrogen-bond acceptors (Lipinski definition) is 5. The quantitative estimate of drug-likeness (QED) is 0.599. The number of benzene rings is 1. The Morgan fingerprint density at radius 1 is 1.57 bits per heavy atom. The minimum atomic E-state index is 0.336. The van der Waals surface area contributed by atoms with Gasteiger partial charge in [-0.2, -0.15) is 5.26 Å². The summed E-state index contributed by atoms with van der Waals surface area (Å²) in [6.07, 6.45) is 0. The fraction of sp³-hybridized carbons (Fsp3) is 0.111. The lowest BCUT2D eigenvalue weighted by Crippen LogP contribution is -1.82. The summed E-state index contributed by atoms with van der Waals surface area (Å²) in [7, 11) is 0. The highest BCUT2D eigenvalue weighted by atomic mass is 32.2. The monoisotopic (exact) mass is 205 g/mol. The van der Waals surface area contributed by atoms with Crippen molar-refractivity contribution < 1.29 is 4.42 Å². The SMILES string of the molecule is N#CCSc1nc2cc(N)ccc2o1. The maximum atomic E-state index is 8.39. The van der Waals surface area contributed by atoms with Crippen LogP contribution in [0.5, 0.6) is 0 Å². The molecule has 0 spiro atoms. The highest BCUT2D eigenvalue weighted by Gasteiger charge is 2.05. The first-order valence-electron chi connectivity index (χ1n) is 3.95. The Labute approximate surface area is 84.7 Å². The molecule has 0 aliphatic rings. The van der Waals surface area contributed by atoms with Crippen LogP contribution >= 0.6 is 11.8 Å². The van der Waals surface area contributed by atoms with Crippen molar-refractivity contribution in [2.45, 2.75) is 5.22 Å². The van der Waals surface area contributed by atoms with Gasteiger partial charge in [-0.1, -0.05) is 11.8 Å². The van der Waals surface area contributed by atoms with Gasteiger partial charge in [0.1, 0.15) is 5.52 Å². The van der Waals surface area contributed by atoms with Crippen LogP contribution in [0.15, 0.2) is 27.8 Å². The van der Waals surface area contributed by atoms with Gasteiger partial charge < -0.3 is 10.2 Å². The molecule has 0 unspecified atom stereocenters. The number of thioether (sulfide) groups is 1. The largest absolute Gasteiger partial charge is 0.431 e. The molecule has 70 valence electrons. The third kappa shape index (κ3) is 1.65. The van der Waals surface area contributed by atoms with Crippen LogP contribution in [0, 0.1) is 11.3 Å². The number of nitrogen functional groups attached to an aromatic ring is 1. The molecule has 4 nitrogen and oxygen atoms in total. The summed E-state index contributed by atoms with van der Waals surface area (Å²) >= 11 is 1.27. The third-order valence-corrected chi connectivity index (χ3v) is 2.35. The fourth-order valence-electron chi connectivity index (χ4n) is 1.08. The van der Waals surface area contributed by atoms with Crippen LogP contribution in [0.4, 0.5) is 5.69 Å². The molecule has 0 bridgehead atoms. The third-order valence-electron chi connectivity index (χ3n) is 1.65. The first-order valence-corrected chi connectivity index (χ1v) is 4.94. The molecule has 5 heteroatoms. The van der Waals surface area contributed by atoms with Crippen LogP contribution in [0.1, 0.15) is 0 Å². The van der Waals surface area contributed by atoms with E-state index >= 15 is 0 Å². The Hall–Kier alpha value is -1.67. The number of fused-ring (bicyclic) bond motifs is 1. The van der Waals surface area contributed by atoms with Gasteiger partial charge in [0.15, 0.2) is 5.58 Å². The van der Waals surface area contributed by atoms with Gasteiger partial charge in [0, 0.05) is 5.69 Å². The van der Waals surface area contributed by atoms with Gasteiger partial charge in [0.25, 0.3) is 5.22 Å². The number of nitrogens with two attached hydrogens (primary N) is 1. The Balaban J connectivity index is 2.37. The minimum absolute atomic E-state index is 0.336. The second-order valence-corrected chi connectivity index (χ2v) is 3.58. The van der Waals surface area contributed by atoms with Crippen molar-refractivity contribution in [1.29, 1.82) is 5.26 Å². The Morgan fingerprint density at radius 2 is 2.43 bits per heavy atom. The molecule has 0 aliphatic heterocycles. The van der Waals surface area contributed by atoms with Gasteiger partial charge in [-0.25, -0.2) is 4.98 Å². The van der Waals surface area contributed by atoms with Crippen molar-refractivity contribution in [3.8, 4) is 6.07 Å². The van der Waals surface area contributed by atoms with E-state index in [0.29, 0.717) is 22.2 Å². The molecule has 0 saturated heterocycles. The summed E-state index contributed by atoms with van der Waals surface area (Å²) in [5.74, 6) is 0.336. The maximum absolute atomic E-state index is 8.39. The Bertz CT molecular complexity index is 500. The predicted molar refractivity (Wildman–Crippen MR) is 54.8 cm³/mol. The zero-order chi connectivity index (χ0) is 9.97. The summed E-state index contributed by atoms with van der Waals surface area (Å²) in [6, 6.07) is 7.28. The van der Waals surface area contributed by atoms with E-state index in [1.165, 1.54) is 11.8 Å². The van der Waals surface area contributed by atoms with Crippen molar-refractivity contribution in [2.24, 2.45) is 0 Å². The maximum Gasteiger partial charge on any atom is 0.257 e. The van der Waals surface area contributed by atoms with Crippen LogP contribution < -0.4 is 5.73 Å². The van der Waals surface area contributed by atoms with Crippen molar-refractivity contribution in [3.63, 3.8) is 0 Å². The van der Waals surface area contributed by atoms with E-state index in [0.717, 1.165) is 5.52 Å². The first-order chi connectivity index (χ1) is 6.79. The molecule has 1 heterocycles. The Morgan fingerprint density at radius 3 is 3.21 bits per heavy atom. The van der Waals surface area contributed by atoms with Gasteiger partial charge in [0.05, 0.1) is 11.8 Å². The molecule has 0 aliphatic carbocycles. The zero-order valence-electron chi connectivity index (χ0n) is 7.23. The number of nitriles is 1. The summed E-state index contributed by atoms with van der Waals surface area (Å²) in [5, 5.41) is 8.89. The van der Waals surface area contributed by atoms with Crippen LogP contribution in [-0.2, 0) is 0 Å². The molecule has 0 amide bonds. The second kappa shape index (κ2) is 3.60. The van der Waals surface area contributed by atoms with E-state index in [9.17, 15) is 0 Å². The van der Waals surface area contributed by atoms with Gasteiger partial charge in [-0.3, -0.25) is 0 Å². The van der Waals surface area contributed by atoms with E-state index in [1.807, 2.05) is 6.07 Å². The average molecular weight is 205 g/mol. The van der Waals surface area contributed by atoms with Gasteiger partial charge in [0.2, 0.25) is 0 Å². The molecule has 0 radical (unpaired) electrons. The minimum Gasteiger partial charge on any atom is -0.431 e. The lowest BCUT2D eigenvalue weighted by Gasteiger charge is -1.88. The highest BCUT2D eigenvalue weighted by molar-refractivity contribution is 7.99. The smallest absolute Gasteiger partial charge is 0.257 e. The van der Waals surface area contributed by atoms with E-state index in [2.05, 4.69) is 4.98 Å². The van der Waals surface area contributed by atoms with E-state index in [-0.39, 0.29) is 0 Å². The molecule has 0 atom stereocenters. The lowest BCUT2D eigenvalue weighted by atomic mass is 10.3. The normalized spacial score (nSPS) is 10.2. The van der Waals surface area contributed by atoms with Gasteiger partial charge in [-0.05, 0) is 18.2 Å². The van der Waals surface area contributed by atoms with Crippen molar-refractivity contribution in [3.05, 3.63) is 18.2 Å². The molecule has 1 aromatic carbocycles. The number of rotatable bonds is 2. The van der Waals surface area contributed by atoms with Gasteiger partial charge in [-0.15, -0.1) is 0 Å². The van der Waals surface area contributed by atoms with Crippen LogP contribution in [-0.4, -0.2) is 10.7 Å². The molecular formula is C9H7N3OS. The number of aromatic nitrogens is 1. The molecule has 0 fully saturated rings. The van der Waals surface area contributed by atoms with E-state index in [4.69, 9.17) is 15.4 Å². The van der Waals surface area contributed by atoms with Gasteiger partial charge >= 0.3 is 0 Å². The lowest BCUT2D eigenvalue weighted by molar-refractivity contribution is 0.490. The first kappa shape index (κ1) is 8.91.